The van der Waals surface area contributed by atoms with E-state index in [1.54, 1.807) is 6.92 Å². The second-order valence-electron chi connectivity index (χ2n) is 7.19. The van der Waals surface area contributed by atoms with E-state index in [1.807, 2.05) is 11.8 Å². The predicted molar refractivity (Wildman–Crippen MR) is 134 cm³/mol. The summed E-state index contributed by atoms with van der Waals surface area (Å²) in [5.41, 5.74) is 0. The highest BCUT2D eigenvalue weighted by Gasteiger charge is 2.73. The number of likely N-dealkylation sites (tertiary alicyclic amines) is 1. The standard InChI is InChI=1S/C17H28Cl3NO4S3Si/c1-6-8-9-21-12(22)17(29(4)5,13(21)28(7-2)15(26)27)11(3)25-14(23)24-10-16(18,19)20/h11,13,29H,6-10H2,1-5H3/p+1. The van der Waals surface area contributed by atoms with Crippen LogP contribution in [0.15, 0.2) is 0 Å². The summed E-state index contributed by atoms with van der Waals surface area (Å²) in [5.74, 6) is 0.797. The van der Waals surface area contributed by atoms with E-state index in [1.165, 1.54) is 0 Å². The number of carbonyl (C=O) groups excluding carboxylic acids is 2. The van der Waals surface area contributed by atoms with Crippen LogP contribution in [0, 0.1) is 0 Å². The Morgan fingerprint density at radius 3 is 2.41 bits per heavy atom. The number of β-lactam (4-membered cyclic amide) rings is 1. The van der Waals surface area contributed by atoms with Crippen LogP contribution in [-0.2, 0) is 25.2 Å². The first-order valence-electron chi connectivity index (χ1n) is 9.48. The van der Waals surface area contributed by atoms with Crippen LogP contribution in [0.4, 0.5) is 4.79 Å². The average Bonchev–Trinajstić information content (AvgIpc) is 2.59. The Morgan fingerprint density at radius 1 is 1.41 bits per heavy atom. The largest absolute Gasteiger partial charge is 0.508 e. The van der Waals surface area contributed by atoms with Gasteiger partial charge < -0.3 is 9.47 Å². The van der Waals surface area contributed by atoms with Gasteiger partial charge in [-0.05, 0) is 32.5 Å². The van der Waals surface area contributed by atoms with Gasteiger partial charge in [-0.15, -0.1) is 0 Å². The van der Waals surface area contributed by atoms with Crippen LogP contribution in [0.1, 0.15) is 33.6 Å². The molecule has 0 aliphatic carbocycles. The third kappa shape index (κ3) is 6.32. The highest BCUT2D eigenvalue weighted by molar-refractivity contribution is 8.40. The van der Waals surface area contributed by atoms with Gasteiger partial charge in [-0.1, -0.05) is 73.9 Å². The quantitative estimate of drug-likeness (QED) is 0.0851. The first kappa shape index (κ1) is 27.7. The SMILES string of the molecule is CCCCN1C(=O)C(C(C)OC(=O)OCC(Cl)(Cl)Cl)([SiH](C)C)C1[S+](CC)C(=S)S. The van der Waals surface area contributed by atoms with Gasteiger partial charge >= 0.3 is 6.16 Å². The summed E-state index contributed by atoms with van der Waals surface area (Å²) >= 11 is 26.7. The molecule has 0 aromatic carbocycles. The number of thiol groups is 1. The smallest absolute Gasteiger partial charge is 0.430 e. The van der Waals surface area contributed by atoms with Crippen molar-refractivity contribution < 1.29 is 19.1 Å². The van der Waals surface area contributed by atoms with Crippen molar-refractivity contribution in [3.63, 3.8) is 0 Å². The first-order chi connectivity index (χ1) is 13.3. The number of rotatable bonds is 9. The van der Waals surface area contributed by atoms with Crippen molar-refractivity contribution in [2.45, 2.75) is 67.0 Å². The summed E-state index contributed by atoms with van der Waals surface area (Å²) < 4.78 is 9.30. The maximum atomic E-state index is 13.4. The van der Waals surface area contributed by atoms with Crippen molar-refractivity contribution in [1.29, 1.82) is 0 Å². The third-order valence-electron chi connectivity index (χ3n) is 5.14. The Hall–Kier alpha value is 0.617. The highest BCUT2D eigenvalue weighted by atomic mass is 35.6. The van der Waals surface area contributed by atoms with E-state index >= 15 is 0 Å². The fraction of sp³-hybridized carbons (Fsp3) is 0.824. The van der Waals surface area contributed by atoms with Crippen LogP contribution in [0.5, 0.6) is 0 Å². The van der Waals surface area contributed by atoms with E-state index < -0.39 is 47.4 Å². The lowest BCUT2D eigenvalue weighted by Gasteiger charge is -2.57. The number of hydrogen-bond donors (Lipinski definition) is 1. The fourth-order valence-electron chi connectivity index (χ4n) is 3.76. The van der Waals surface area contributed by atoms with Crippen molar-refractivity contribution in [2.75, 3.05) is 18.9 Å². The van der Waals surface area contributed by atoms with E-state index in [0.29, 0.717) is 10.1 Å². The minimum atomic E-state index is -1.73. The van der Waals surface area contributed by atoms with Crippen LogP contribution in [0.3, 0.4) is 0 Å². The predicted octanol–water partition coefficient (Wildman–Crippen LogP) is 4.95. The number of hydrogen-bond acceptors (Lipinski definition) is 5. The summed E-state index contributed by atoms with van der Waals surface area (Å²) in [7, 11) is -2.07. The number of alkyl halides is 3. The van der Waals surface area contributed by atoms with E-state index in [2.05, 4.69) is 32.6 Å². The maximum Gasteiger partial charge on any atom is 0.508 e. The summed E-state index contributed by atoms with van der Waals surface area (Å²) in [5, 5.41) is -0.905. The number of unbranched alkanes of at least 4 members (excludes halogenated alkanes) is 1. The molecule has 29 heavy (non-hydrogen) atoms. The molecule has 0 radical (unpaired) electrons. The summed E-state index contributed by atoms with van der Waals surface area (Å²) in [6, 6.07) is 0. The zero-order valence-corrected chi connectivity index (χ0v) is 23.2. The van der Waals surface area contributed by atoms with E-state index in [4.69, 9.17) is 56.5 Å². The second kappa shape index (κ2) is 11.5. The van der Waals surface area contributed by atoms with E-state index in [0.717, 1.165) is 18.6 Å². The van der Waals surface area contributed by atoms with Gasteiger partial charge in [-0.3, -0.25) is 9.69 Å². The molecule has 1 saturated heterocycles. The topological polar surface area (TPSA) is 55.8 Å². The lowest BCUT2D eigenvalue weighted by atomic mass is 9.90. The number of thiocarbonyl (C=S) groups is 1. The van der Waals surface area contributed by atoms with Gasteiger partial charge in [0.1, 0.15) is 23.5 Å². The molecule has 4 atom stereocenters. The second-order valence-corrected chi connectivity index (χ2v) is 17.0. The van der Waals surface area contributed by atoms with Gasteiger partial charge in [0.2, 0.25) is 15.1 Å². The Kier molecular flexibility index (Phi) is 10.9. The Bertz CT molecular complexity index is 623. The molecule has 1 heterocycles. The van der Waals surface area contributed by atoms with Crippen molar-refractivity contribution in [3.05, 3.63) is 0 Å². The number of ether oxygens (including phenoxy) is 2. The summed E-state index contributed by atoms with van der Waals surface area (Å²) in [6.45, 7) is 10.3. The highest BCUT2D eigenvalue weighted by Crippen LogP contribution is 2.55. The minimum absolute atomic E-state index is 0.0230. The molecule has 1 aliphatic heterocycles. The molecule has 0 aromatic heterocycles. The molecule has 0 spiro atoms. The van der Waals surface area contributed by atoms with Gasteiger partial charge in [-0.2, -0.15) is 0 Å². The van der Waals surface area contributed by atoms with Crippen molar-refractivity contribution in [3.8, 4) is 0 Å². The molecule has 1 aliphatic rings. The molecule has 0 N–H and O–H groups in total. The lowest BCUT2D eigenvalue weighted by molar-refractivity contribution is -0.155. The number of amides is 1. The Morgan fingerprint density at radius 2 is 2.00 bits per heavy atom. The van der Waals surface area contributed by atoms with Gasteiger partial charge in [0.25, 0.3) is 3.53 Å². The molecule has 0 bridgehead atoms. The fourth-order valence-corrected chi connectivity index (χ4v) is 11.0. The number of carbonyl (C=O) groups is 2. The number of nitrogens with zero attached hydrogens (tertiary/aromatic N) is 1. The molecule has 4 unspecified atom stereocenters. The van der Waals surface area contributed by atoms with Crippen LogP contribution < -0.4 is 0 Å². The Balaban J connectivity index is 3.19. The number of halogens is 3. The average molecular weight is 542 g/mol. The monoisotopic (exact) mass is 540 g/mol. The zero-order chi connectivity index (χ0) is 22.6. The molecule has 168 valence electrons. The molecule has 1 amide bonds. The molecule has 0 aromatic rings. The van der Waals surface area contributed by atoms with E-state index in [9.17, 15) is 9.59 Å². The maximum absolute atomic E-state index is 13.4. The van der Waals surface area contributed by atoms with Crippen molar-refractivity contribution in [2.24, 2.45) is 0 Å². The third-order valence-corrected chi connectivity index (χ3v) is 12.2. The van der Waals surface area contributed by atoms with Gasteiger partial charge in [-0.25, -0.2) is 4.79 Å². The molecule has 0 saturated carbocycles. The molecular weight excluding hydrogens is 513 g/mol. The summed E-state index contributed by atoms with van der Waals surface area (Å²) in [4.78, 5) is 27.5. The molecular formula is C17H29Cl3NO4S3Si+. The van der Waals surface area contributed by atoms with Crippen molar-refractivity contribution in [1.82, 2.24) is 4.90 Å². The van der Waals surface area contributed by atoms with E-state index in [-0.39, 0.29) is 11.3 Å². The van der Waals surface area contributed by atoms with Crippen LogP contribution >= 0.6 is 59.6 Å². The summed E-state index contributed by atoms with van der Waals surface area (Å²) in [6.07, 6.45) is 0.236. The van der Waals surface area contributed by atoms with Crippen LogP contribution in [0.2, 0.25) is 18.1 Å². The van der Waals surface area contributed by atoms with Crippen LogP contribution in [0.25, 0.3) is 0 Å². The molecule has 5 nitrogen and oxygen atoms in total. The minimum Gasteiger partial charge on any atom is -0.430 e. The van der Waals surface area contributed by atoms with Crippen LogP contribution in [-0.4, -0.2) is 63.5 Å². The first-order valence-corrected chi connectivity index (χ1v) is 15.8. The molecule has 1 rings (SSSR count). The van der Waals surface area contributed by atoms with Gasteiger partial charge in [0.05, 0.1) is 19.7 Å². The zero-order valence-electron chi connectivity index (χ0n) is 17.2. The molecule has 1 fully saturated rings. The molecule has 12 heteroatoms. The lowest BCUT2D eigenvalue weighted by Crippen LogP contribution is -2.75. The van der Waals surface area contributed by atoms with Gasteiger partial charge in [0, 0.05) is 6.54 Å². The van der Waals surface area contributed by atoms with Gasteiger partial charge in [0.15, 0.2) is 0 Å². The Labute approximate surface area is 203 Å². The van der Waals surface area contributed by atoms with Crippen molar-refractivity contribution >= 4 is 94.9 Å². The normalized spacial score (nSPS) is 24.1.